The Kier molecular flexibility index (Phi) is 6.37. The smallest absolute Gasteiger partial charge is 0.410 e. The van der Waals surface area contributed by atoms with Crippen LogP contribution in [0.4, 0.5) is 10.6 Å². The van der Waals surface area contributed by atoms with E-state index in [0.717, 1.165) is 65.5 Å². The third-order valence-corrected chi connectivity index (χ3v) is 7.35. The van der Waals surface area contributed by atoms with E-state index >= 15 is 0 Å². The Morgan fingerprint density at radius 3 is 2.66 bits per heavy atom. The van der Waals surface area contributed by atoms with Gasteiger partial charge >= 0.3 is 6.09 Å². The number of imidazole rings is 1. The van der Waals surface area contributed by atoms with Gasteiger partial charge in [-0.25, -0.2) is 19.3 Å². The highest BCUT2D eigenvalue weighted by Gasteiger charge is 2.32. The minimum atomic E-state index is -0.518. The van der Waals surface area contributed by atoms with E-state index in [-0.39, 0.29) is 12.1 Å². The van der Waals surface area contributed by atoms with Gasteiger partial charge in [-0.1, -0.05) is 6.07 Å². The molecule has 1 atom stereocenters. The van der Waals surface area contributed by atoms with Gasteiger partial charge in [-0.05, 0) is 52.5 Å². The van der Waals surface area contributed by atoms with Gasteiger partial charge in [0.05, 0.1) is 32.2 Å². The summed E-state index contributed by atoms with van der Waals surface area (Å²) in [6.07, 6.45) is 5.67. The lowest BCUT2D eigenvalue weighted by molar-refractivity contribution is 0.00853. The number of amides is 1. The molecule has 0 radical (unpaired) electrons. The van der Waals surface area contributed by atoms with Crippen molar-refractivity contribution in [3.8, 4) is 17.1 Å². The first kappa shape index (κ1) is 24.9. The van der Waals surface area contributed by atoms with Crippen molar-refractivity contribution in [1.82, 2.24) is 24.5 Å². The number of carbonyl (C=O) groups is 1. The monoisotopic (exact) mass is 520 g/mol. The van der Waals surface area contributed by atoms with E-state index < -0.39 is 5.60 Å². The quantitative estimate of drug-likeness (QED) is 0.503. The number of aromatic nitrogens is 4. The van der Waals surface area contributed by atoms with E-state index in [2.05, 4.69) is 16.4 Å². The van der Waals surface area contributed by atoms with Crippen molar-refractivity contribution in [3.05, 3.63) is 35.7 Å². The number of hydrogen-bond acceptors (Lipinski definition) is 8. The van der Waals surface area contributed by atoms with E-state index in [0.29, 0.717) is 38.1 Å². The molecule has 0 unspecified atom stereocenters. The second-order valence-corrected chi connectivity index (χ2v) is 11.6. The van der Waals surface area contributed by atoms with E-state index in [9.17, 15) is 4.79 Å². The molecular weight excluding hydrogens is 484 g/mol. The Morgan fingerprint density at radius 1 is 1.16 bits per heavy atom. The molecule has 0 spiro atoms. The topological polar surface area (TPSA) is 103 Å². The molecule has 3 aromatic rings. The van der Waals surface area contributed by atoms with Crippen LogP contribution in [-0.4, -0.2) is 75.6 Å². The van der Waals surface area contributed by atoms with Crippen molar-refractivity contribution < 1.29 is 19.0 Å². The van der Waals surface area contributed by atoms with Gasteiger partial charge in [0.15, 0.2) is 5.65 Å². The lowest BCUT2D eigenvalue weighted by atomic mass is 9.96. The van der Waals surface area contributed by atoms with Gasteiger partial charge in [0, 0.05) is 42.6 Å². The molecule has 2 saturated heterocycles. The molecule has 10 nitrogen and oxygen atoms in total. The first-order valence-electron chi connectivity index (χ1n) is 13.6. The summed E-state index contributed by atoms with van der Waals surface area (Å²) in [5.41, 5.74) is 3.96. The zero-order valence-corrected chi connectivity index (χ0v) is 22.6. The van der Waals surface area contributed by atoms with Crippen molar-refractivity contribution >= 4 is 17.6 Å². The Morgan fingerprint density at radius 2 is 1.97 bits per heavy atom. The van der Waals surface area contributed by atoms with E-state index in [1.54, 1.807) is 12.0 Å². The molecule has 3 fully saturated rings. The van der Waals surface area contributed by atoms with Crippen LogP contribution in [0.5, 0.6) is 5.75 Å². The van der Waals surface area contributed by atoms with Crippen LogP contribution in [-0.2, 0) is 9.47 Å². The molecule has 1 N–H and O–H groups in total. The van der Waals surface area contributed by atoms with Gasteiger partial charge in [-0.3, -0.25) is 0 Å². The first-order chi connectivity index (χ1) is 18.3. The van der Waals surface area contributed by atoms with Crippen molar-refractivity contribution in [2.45, 2.75) is 69.9 Å². The van der Waals surface area contributed by atoms with Gasteiger partial charge in [-0.15, -0.1) is 0 Å². The standard InChI is InChI=1S/C28H36N6O4/c1-28(2,3)38-27(35)33-11-5-6-19(14-33)30-26-20(18-15-37-16-18)9-10-21(31-26)22-13-29-24-12-23(36-4)25(17-7-8-17)32-34(22)24/h9-10,12-13,17-19H,5-8,11,14-16H2,1-4H3,(H,30,31)/t19-/m1/s1. The van der Waals surface area contributed by atoms with E-state index in [4.69, 9.17) is 24.3 Å². The maximum absolute atomic E-state index is 12.7. The number of carbonyl (C=O) groups excluding carboxylic acids is 1. The van der Waals surface area contributed by atoms with Crippen LogP contribution < -0.4 is 10.1 Å². The van der Waals surface area contributed by atoms with Crippen LogP contribution in [0.2, 0.25) is 0 Å². The molecule has 6 rings (SSSR count). The maximum Gasteiger partial charge on any atom is 0.410 e. The summed E-state index contributed by atoms with van der Waals surface area (Å²) in [6.45, 7) is 8.33. The summed E-state index contributed by atoms with van der Waals surface area (Å²) in [6, 6.07) is 6.21. The molecule has 3 aromatic heterocycles. The van der Waals surface area contributed by atoms with Crippen molar-refractivity contribution in [2.75, 3.05) is 38.7 Å². The molecule has 0 aromatic carbocycles. The second kappa shape index (κ2) is 9.72. The number of methoxy groups -OCH3 is 1. The lowest BCUT2D eigenvalue weighted by Gasteiger charge is -2.35. The Hall–Kier alpha value is -3.40. The molecule has 2 aliphatic heterocycles. The van der Waals surface area contributed by atoms with Crippen molar-refractivity contribution in [1.29, 1.82) is 0 Å². The summed E-state index contributed by atoms with van der Waals surface area (Å²) in [4.78, 5) is 24.2. The molecule has 1 aliphatic carbocycles. The number of likely N-dealkylation sites (tertiary alicyclic amines) is 1. The fraction of sp³-hybridized carbons (Fsp3) is 0.571. The molecular formula is C28H36N6O4. The van der Waals surface area contributed by atoms with Gasteiger partial charge in [0.25, 0.3) is 0 Å². The number of rotatable bonds is 6. The lowest BCUT2D eigenvalue weighted by Crippen LogP contribution is -2.47. The second-order valence-electron chi connectivity index (χ2n) is 11.6. The van der Waals surface area contributed by atoms with Crippen LogP contribution in [0.25, 0.3) is 17.0 Å². The minimum absolute atomic E-state index is 0.0739. The molecule has 5 heterocycles. The maximum atomic E-state index is 12.7. The fourth-order valence-corrected chi connectivity index (χ4v) is 5.14. The zero-order valence-electron chi connectivity index (χ0n) is 22.6. The molecule has 0 bridgehead atoms. The van der Waals surface area contributed by atoms with E-state index in [1.165, 1.54) is 0 Å². The number of ether oxygens (including phenoxy) is 3. The summed E-state index contributed by atoms with van der Waals surface area (Å²) in [5, 5.41) is 8.59. The number of pyridine rings is 1. The first-order valence-corrected chi connectivity index (χ1v) is 13.6. The van der Waals surface area contributed by atoms with Crippen molar-refractivity contribution in [3.63, 3.8) is 0 Å². The molecule has 202 valence electrons. The number of nitrogens with one attached hydrogen (secondary N) is 1. The Bertz CT molecular complexity index is 1340. The largest absolute Gasteiger partial charge is 0.495 e. The predicted molar refractivity (Wildman–Crippen MR) is 143 cm³/mol. The highest BCUT2D eigenvalue weighted by molar-refractivity contribution is 5.68. The Balaban J connectivity index is 1.30. The molecule has 10 heteroatoms. The molecule has 38 heavy (non-hydrogen) atoms. The summed E-state index contributed by atoms with van der Waals surface area (Å²) < 4.78 is 18.6. The molecule has 3 aliphatic rings. The Labute approximate surface area is 222 Å². The van der Waals surface area contributed by atoms with Crippen LogP contribution in [0.1, 0.15) is 69.5 Å². The van der Waals surface area contributed by atoms with Crippen LogP contribution in [0.3, 0.4) is 0 Å². The third kappa shape index (κ3) is 5.01. The molecule has 1 amide bonds. The minimum Gasteiger partial charge on any atom is -0.495 e. The van der Waals surface area contributed by atoms with Crippen LogP contribution in [0, 0.1) is 0 Å². The fourth-order valence-electron chi connectivity index (χ4n) is 5.14. The number of anilines is 1. The molecule has 1 saturated carbocycles. The average molecular weight is 521 g/mol. The van der Waals surface area contributed by atoms with Gasteiger partial charge in [0.1, 0.15) is 28.6 Å². The summed E-state index contributed by atoms with van der Waals surface area (Å²) in [7, 11) is 1.68. The number of piperidine rings is 1. The van der Waals surface area contributed by atoms with Gasteiger partial charge in [-0.2, -0.15) is 5.10 Å². The number of hydrogen-bond donors (Lipinski definition) is 1. The SMILES string of the molecule is COc1cc2ncc(-c3ccc(C4COC4)c(N[C@@H]4CCCN(C(=O)OC(C)(C)C)C4)n3)n2nc1C1CC1. The zero-order chi connectivity index (χ0) is 26.4. The highest BCUT2D eigenvalue weighted by Crippen LogP contribution is 2.43. The predicted octanol–water partition coefficient (Wildman–Crippen LogP) is 4.60. The normalized spacial score (nSPS) is 20.3. The average Bonchev–Trinajstić information content (AvgIpc) is 3.62. The van der Waals surface area contributed by atoms with Gasteiger partial charge < -0.3 is 24.4 Å². The number of nitrogens with zero attached hydrogens (tertiary/aromatic N) is 5. The highest BCUT2D eigenvalue weighted by atomic mass is 16.6. The number of fused-ring (bicyclic) bond motifs is 1. The third-order valence-electron chi connectivity index (χ3n) is 7.35. The summed E-state index contributed by atoms with van der Waals surface area (Å²) >= 11 is 0. The van der Waals surface area contributed by atoms with Gasteiger partial charge in [0.2, 0.25) is 0 Å². The van der Waals surface area contributed by atoms with Crippen LogP contribution >= 0.6 is 0 Å². The van der Waals surface area contributed by atoms with Crippen LogP contribution in [0.15, 0.2) is 24.4 Å². The summed E-state index contributed by atoms with van der Waals surface area (Å²) in [5.74, 6) is 2.36. The van der Waals surface area contributed by atoms with E-state index in [1.807, 2.05) is 43.6 Å². The van der Waals surface area contributed by atoms with Crippen molar-refractivity contribution in [2.24, 2.45) is 0 Å².